The Morgan fingerprint density at radius 1 is 1.17 bits per heavy atom. The van der Waals surface area contributed by atoms with E-state index in [1.54, 1.807) is 23.9 Å². The lowest BCUT2D eigenvalue weighted by Gasteiger charge is -2.16. The molecular weight excluding hydrogens is 224 g/mol. The first-order valence-corrected chi connectivity index (χ1v) is 5.99. The number of aryl methyl sites for hydroxylation is 3. The van der Waals surface area contributed by atoms with Gasteiger partial charge in [-0.3, -0.25) is 4.79 Å². The molecule has 0 radical (unpaired) electrons. The quantitative estimate of drug-likeness (QED) is 0.876. The van der Waals surface area contributed by atoms with Crippen LogP contribution in [0.3, 0.4) is 0 Å². The molecule has 2 aromatic rings. The molecule has 3 nitrogen and oxygen atoms in total. The van der Waals surface area contributed by atoms with Crippen molar-refractivity contribution in [3.05, 3.63) is 69.1 Å². The van der Waals surface area contributed by atoms with E-state index >= 15 is 0 Å². The molecule has 0 aliphatic heterocycles. The predicted molar refractivity (Wildman–Crippen MR) is 73.6 cm³/mol. The Bertz CT molecular complexity index is 629. The van der Waals surface area contributed by atoms with E-state index in [9.17, 15) is 4.79 Å². The predicted octanol–water partition coefficient (Wildman–Crippen LogP) is 2.05. The standard InChI is InChI=1S/C15H18N2O/c1-10-6-7-11(2)13(9-10)14(16)12-5-4-8-17(3)15(12)18/h4-9,14H,16H2,1-3H3. The summed E-state index contributed by atoms with van der Waals surface area (Å²) in [6.45, 7) is 4.04. The minimum Gasteiger partial charge on any atom is -0.320 e. The first kappa shape index (κ1) is 12.6. The third kappa shape index (κ3) is 2.22. The summed E-state index contributed by atoms with van der Waals surface area (Å²) in [5, 5.41) is 0. The lowest BCUT2D eigenvalue weighted by Crippen LogP contribution is -2.27. The molecular formula is C15H18N2O. The molecule has 0 amide bonds. The van der Waals surface area contributed by atoms with Crippen LogP contribution < -0.4 is 11.3 Å². The molecule has 0 saturated heterocycles. The highest BCUT2D eigenvalue weighted by atomic mass is 16.1. The van der Waals surface area contributed by atoms with E-state index in [2.05, 4.69) is 6.07 Å². The van der Waals surface area contributed by atoms with E-state index in [-0.39, 0.29) is 11.6 Å². The Labute approximate surface area is 107 Å². The highest BCUT2D eigenvalue weighted by Gasteiger charge is 2.15. The number of hydrogen-bond acceptors (Lipinski definition) is 2. The molecule has 1 atom stereocenters. The summed E-state index contributed by atoms with van der Waals surface area (Å²) in [7, 11) is 1.74. The van der Waals surface area contributed by atoms with E-state index in [1.165, 1.54) is 0 Å². The monoisotopic (exact) mass is 242 g/mol. The van der Waals surface area contributed by atoms with Crippen molar-refractivity contribution < 1.29 is 0 Å². The molecule has 0 bridgehead atoms. The molecule has 0 saturated carbocycles. The number of nitrogens with zero attached hydrogens (tertiary/aromatic N) is 1. The highest BCUT2D eigenvalue weighted by Crippen LogP contribution is 2.21. The van der Waals surface area contributed by atoms with E-state index in [4.69, 9.17) is 5.73 Å². The maximum atomic E-state index is 12.1. The molecule has 0 spiro atoms. The zero-order chi connectivity index (χ0) is 13.3. The van der Waals surface area contributed by atoms with Crippen LogP contribution in [0, 0.1) is 13.8 Å². The lowest BCUT2D eigenvalue weighted by molar-refractivity contribution is 0.780. The van der Waals surface area contributed by atoms with Crippen LogP contribution in [0.2, 0.25) is 0 Å². The minimum absolute atomic E-state index is 0.0362. The Balaban J connectivity index is 2.54. The van der Waals surface area contributed by atoms with Gasteiger partial charge in [0.2, 0.25) is 0 Å². The molecule has 1 aromatic heterocycles. The normalized spacial score (nSPS) is 12.4. The van der Waals surface area contributed by atoms with Crippen LogP contribution in [0.15, 0.2) is 41.3 Å². The summed E-state index contributed by atoms with van der Waals surface area (Å²) in [4.78, 5) is 12.1. The maximum Gasteiger partial charge on any atom is 0.255 e. The van der Waals surface area contributed by atoms with E-state index in [0.717, 1.165) is 16.7 Å². The van der Waals surface area contributed by atoms with Gasteiger partial charge in [0.05, 0.1) is 6.04 Å². The van der Waals surface area contributed by atoms with Gasteiger partial charge in [0, 0.05) is 18.8 Å². The van der Waals surface area contributed by atoms with E-state index < -0.39 is 0 Å². The van der Waals surface area contributed by atoms with Gasteiger partial charge in [0.1, 0.15) is 0 Å². The van der Waals surface area contributed by atoms with Crippen molar-refractivity contribution >= 4 is 0 Å². The zero-order valence-corrected chi connectivity index (χ0v) is 11.0. The topological polar surface area (TPSA) is 48.0 Å². The fourth-order valence-electron chi connectivity index (χ4n) is 2.12. The van der Waals surface area contributed by atoms with Crippen LogP contribution in [-0.4, -0.2) is 4.57 Å². The second-order valence-electron chi connectivity index (χ2n) is 4.72. The third-order valence-corrected chi connectivity index (χ3v) is 3.26. The second-order valence-corrected chi connectivity index (χ2v) is 4.72. The molecule has 0 aliphatic carbocycles. The van der Waals surface area contributed by atoms with Gasteiger partial charge < -0.3 is 10.3 Å². The molecule has 18 heavy (non-hydrogen) atoms. The molecule has 0 fully saturated rings. The molecule has 1 aromatic carbocycles. The van der Waals surface area contributed by atoms with Crippen molar-refractivity contribution in [1.82, 2.24) is 4.57 Å². The van der Waals surface area contributed by atoms with Crippen molar-refractivity contribution in [2.45, 2.75) is 19.9 Å². The van der Waals surface area contributed by atoms with Gasteiger partial charge in [-0.1, -0.05) is 29.8 Å². The molecule has 2 rings (SSSR count). The number of nitrogens with two attached hydrogens (primary N) is 1. The van der Waals surface area contributed by atoms with Crippen molar-refractivity contribution in [2.24, 2.45) is 12.8 Å². The van der Waals surface area contributed by atoms with Gasteiger partial charge in [0.15, 0.2) is 0 Å². The summed E-state index contributed by atoms with van der Waals surface area (Å²) in [5.41, 5.74) is 10.1. The van der Waals surface area contributed by atoms with Crippen LogP contribution in [0.1, 0.15) is 28.3 Å². The fraction of sp³-hybridized carbons (Fsp3) is 0.267. The molecule has 2 N–H and O–H groups in total. The van der Waals surface area contributed by atoms with E-state index in [0.29, 0.717) is 5.56 Å². The first-order valence-electron chi connectivity index (χ1n) is 5.99. The average Bonchev–Trinajstić information content (AvgIpc) is 2.35. The van der Waals surface area contributed by atoms with Crippen molar-refractivity contribution in [3.8, 4) is 0 Å². The summed E-state index contributed by atoms with van der Waals surface area (Å²) in [6.07, 6.45) is 1.74. The minimum atomic E-state index is -0.371. The lowest BCUT2D eigenvalue weighted by atomic mass is 9.95. The van der Waals surface area contributed by atoms with E-state index in [1.807, 2.05) is 32.0 Å². The summed E-state index contributed by atoms with van der Waals surface area (Å²) >= 11 is 0. The summed E-state index contributed by atoms with van der Waals surface area (Å²) in [6, 6.07) is 9.42. The molecule has 0 aliphatic rings. The number of benzene rings is 1. The van der Waals surface area contributed by atoms with Gasteiger partial charge in [-0.2, -0.15) is 0 Å². The summed E-state index contributed by atoms with van der Waals surface area (Å²) in [5.74, 6) is 0. The van der Waals surface area contributed by atoms with Crippen LogP contribution in [0.5, 0.6) is 0 Å². The second kappa shape index (κ2) is 4.78. The average molecular weight is 242 g/mol. The zero-order valence-electron chi connectivity index (χ0n) is 11.0. The number of rotatable bonds is 2. The van der Waals surface area contributed by atoms with Crippen molar-refractivity contribution in [2.75, 3.05) is 0 Å². The van der Waals surface area contributed by atoms with Crippen LogP contribution in [0.25, 0.3) is 0 Å². The number of hydrogen-bond donors (Lipinski definition) is 1. The first-order chi connectivity index (χ1) is 8.50. The molecule has 1 unspecified atom stereocenters. The van der Waals surface area contributed by atoms with Crippen LogP contribution in [-0.2, 0) is 7.05 Å². The fourth-order valence-corrected chi connectivity index (χ4v) is 2.12. The van der Waals surface area contributed by atoms with Crippen molar-refractivity contribution in [3.63, 3.8) is 0 Å². The number of pyridine rings is 1. The molecule has 1 heterocycles. The van der Waals surface area contributed by atoms with Crippen molar-refractivity contribution in [1.29, 1.82) is 0 Å². The van der Waals surface area contributed by atoms with Gasteiger partial charge in [0.25, 0.3) is 5.56 Å². The Morgan fingerprint density at radius 3 is 2.61 bits per heavy atom. The van der Waals surface area contributed by atoms with Gasteiger partial charge in [-0.25, -0.2) is 0 Å². The number of aromatic nitrogens is 1. The largest absolute Gasteiger partial charge is 0.320 e. The van der Waals surface area contributed by atoms with Crippen LogP contribution in [0.4, 0.5) is 0 Å². The molecule has 3 heteroatoms. The Hall–Kier alpha value is -1.87. The molecule has 94 valence electrons. The summed E-state index contributed by atoms with van der Waals surface area (Å²) < 4.78 is 1.56. The van der Waals surface area contributed by atoms with Gasteiger partial charge in [-0.05, 0) is 31.0 Å². The smallest absolute Gasteiger partial charge is 0.255 e. The Kier molecular flexibility index (Phi) is 3.34. The van der Waals surface area contributed by atoms with Gasteiger partial charge >= 0.3 is 0 Å². The maximum absolute atomic E-state index is 12.1. The highest BCUT2D eigenvalue weighted by molar-refractivity contribution is 5.38. The third-order valence-electron chi connectivity index (χ3n) is 3.26. The Morgan fingerprint density at radius 2 is 1.89 bits per heavy atom. The SMILES string of the molecule is Cc1ccc(C)c(C(N)c2cccn(C)c2=O)c1. The van der Waals surface area contributed by atoms with Gasteiger partial charge in [-0.15, -0.1) is 0 Å². The van der Waals surface area contributed by atoms with Crippen LogP contribution >= 0.6 is 0 Å².